The zero-order valence-electron chi connectivity index (χ0n) is 15.8. The molecule has 1 N–H and O–H groups in total. The van der Waals surface area contributed by atoms with Gasteiger partial charge in [-0.1, -0.05) is 41.4 Å². The van der Waals surface area contributed by atoms with Crippen molar-refractivity contribution in [2.45, 2.75) is 19.1 Å². The van der Waals surface area contributed by atoms with Crippen molar-refractivity contribution >= 4 is 29.1 Å². The highest BCUT2D eigenvalue weighted by Gasteiger charge is 2.21. The Morgan fingerprint density at radius 3 is 2.64 bits per heavy atom. The van der Waals surface area contributed by atoms with Gasteiger partial charge >= 0.3 is 0 Å². The largest absolute Gasteiger partial charge is 0.497 e. The standard InChI is InChI=1S/C21H24Cl2N2O3/c1-27-17-5-2-15(3-6-17)11-21(26)24-12-18-14-25(8-9-28-18)13-16-4-7-19(22)20(23)10-16/h2-7,10,18H,8-9,11-14H2,1H3,(H,24,26). The van der Waals surface area contributed by atoms with Gasteiger partial charge in [0.15, 0.2) is 0 Å². The van der Waals surface area contributed by atoms with Crippen LogP contribution in [0, 0.1) is 0 Å². The third-order valence-corrected chi connectivity index (χ3v) is 5.40. The molecule has 7 heteroatoms. The Morgan fingerprint density at radius 2 is 1.93 bits per heavy atom. The van der Waals surface area contributed by atoms with E-state index in [1.807, 2.05) is 42.5 Å². The van der Waals surface area contributed by atoms with Crippen LogP contribution in [0.3, 0.4) is 0 Å². The minimum absolute atomic E-state index is 0.0182. The van der Waals surface area contributed by atoms with Gasteiger partial charge in [0.25, 0.3) is 0 Å². The molecule has 0 radical (unpaired) electrons. The molecule has 3 rings (SSSR count). The molecule has 1 saturated heterocycles. The number of ether oxygens (including phenoxy) is 2. The van der Waals surface area contributed by atoms with Crippen LogP contribution in [0.15, 0.2) is 42.5 Å². The molecule has 1 amide bonds. The second-order valence-electron chi connectivity index (χ2n) is 6.81. The number of carbonyl (C=O) groups excluding carboxylic acids is 1. The monoisotopic (exact) mass is 422 g/mol. The number of carbonyl (C=O) groups is 1. The molecule has 0 bridgehead atoms. The van der Waals surface area contributed by atoms with Crippen LogP contribution in [0.2, 0.25) is 10.0 Å². The zero-order valence-corrected chi connectivity index (χ0v) is 17.3. The van der Waals surface area contributed by atoms with Crippen LogP contribution in [-0.4, -0.2) is 50.3 Å². The molecule has 0 aliphatic carbocycles. The summed E-state index contributed by atoms with van der Waals surface area (Å²) >= 11 is 12.1. The number of nitrogens with zero attached hydrogens (tertiary/aromatic N) is 1. The van der Waals surface area contributed by atoms with Gasteiger partial charge in [0.05, 0.1) is 36.3 Å². The lowest BCUT2D eigenvalue weighted by atomic mass is 10.1. The molecule has 2 aromatic carbocycles. The summed E-state index contributed by atoms with van der Waals surface area (Å²) in [6.07, 6.45) is 0.306. The van der Waals surface area contributed by atoms with Gasteiger partial charge in [0, 0.05) is 26.2 Å². The molecular weight excluding hydrogens is 399 g/mol. The van der Waals surface area contributed by atoms with Crippen LogP contribution in [0.4, 0.5) is 0 Å². The Hall–Kier alpha value is -1.79. The highest BCUT2D eigenvalue weighted by atomic mass is 35.5. The van der Waals surface area contributed by atoms with E-state index in [2.05, 4.69) is 10.2 Å². The number of rotatable bonds is 7. The van der Waals surface area contributed by atoms with Gasteiger partial charge < -0.3 is 14.8 Å². The Balaban J connectivity index is 1.45. The smallest absolute Gasteiger partial charge is 0.224 e. The lowest BCUT2D eigenvalue weighted by Crippen LogP contribution is -2.47. The SMILES string of the molecule is COc1ccc(CC(=O)NCC2CN(Cc3ccc(Cl)c(Cl)c3)CCO2)cc1. The van der Waals surface area contributed by atoms with E-state index in [0.717, 1.165) is 36.5 Å². The van der Waals surface area contributed by atoms with Crippen molar-refractivity contribution in [1.29, 1.82) is 0 Å². The molecule has 0 aromatic heterocycles. The maximum Gasteiger partial charge on any atom is 0.224 e. The van der Waals surface area contributed by atoms with Gasteiger partial charge in [-0.25, -0.2) is 0 Å². The fraction of sp³-hybridized carbons (Fsp3) is 0.381. The van der Waals surface area contributed by atoms with Crippen molar-refractivity contribution in [2.75, 3.05) is 33.4 Å². The van der Waals surface area contributed by atoms with Crippen molar-refractivity contribution in [3.63, 3.8) is 0 Å². The Kier molecular flexibility index (Phi) is 7.57. The molecule has 1 fully saturated rings. The van der Waals surface area contributed by atoms with E-state index in [0.29, 0.717) is 29.6 Å². The second-order valence-corrected chi connectivity index (χ2v) is 7.62. The third-order valence-electron chi connectivity index (χ3n) is 4.66. The zero-order chi connectivity index (χ0) is 19.9. The second kappa shape index (κ2) is 10.1. The highest BCUT2D eigenvalue weighted by Crippen LogP contribution is 2.23. The van der Waals surface area contributed by atoms with Crippen LogP contribution in [0.25, 0.3) is 0 Å². The Morgan fingerprint density at radius 1 is 1.18 bits per heavy atom. The predicted molar refractivity (Wildman–Crippen MR) is 111 cm³/mol. The van der Waals surface area contributed by atoms with Crippen LogP contribution < -0.4 is 10.1 Å². The molecule has 0 saturated carbocycles. The average molecular weight is 423 g/mol. The van der Waals surface area contributed by atoms with Gasteiger partial charge in [0.2, 0.25) is 5.91 Å². The molecule has 1 aliphatic heterocycles. The topological polar surface area (TPSA) is 50.8 Å². The molecule has 150 valence electrons. The van der Waals surface area contributed by atoms with E-state index in [1.54, 1.807) is 7.11 Å². The van der Waals surface area contributed by atoms with Crippen LogP contribution >= 0.6 is 23.2 Å². The van der Waals surface area contributed by atoms with Gasteiger partial charge in [-0.2, -0.15) is 0 Å². The van der Waals surface area contributed by atoms with Gasteiger partial charge in [-0.05, 0) is 35.4 Å². The quantitative estimate of drug-likeness (QED) is 0.740. The number of halogens is 2. The van der Waals surface area contributed by atoms with E-state index in [4.69, 9.17) is 32.7 Å². The summed E-state index contributed by atoms with van der Waals surface area (Å²) < 4.78 is 10.9. The van der Waals surface area contributed by atoms with Crippen molar-refractivity contribution < 1.29 is 14.3 Å². The van der Waals surface area contributed by atoms with Crippen molar-refractivity contribution in [3.8, 4) is 5.75 Å². The van der Waals surface area contributed by atoms with Crippen LogP contribution in [-0.2, 0) is 22.5 Å². The van der Waals surface area contributed by atoms with E-state index >= 15 is 0 Å². The first-order valence-electron chi connectivity index (χ1n) is 9.21. The summed E-state index contributed by atoms with van der Waals surface area (Å²) in [6.45, 7) is 3.50. The number of nitrogens with one attached hydrogen (secondary N) is 1. The number of benzene rings is 2. The van der Waals surface area contributed by atoms with Crippen molar-refractivity contribution in [3.05, 3.63) is 63.6 Å². The molecule has 1 heterocycles. The Bertz CT molecular complexity index is 799. The average Bonchev–Trinajstić information content (AvgIpc) is 2.70. The Labute approximate surface area is 175 Å². The molecule has 0 spiro atoms. The molecule has 1 unspecified atom stereocenters. The number of hydrogen-bond acceptors (Lipinski definition) is 4. The lowest BCUT2D eigenvalue weighted by molar-refractivity contribution is -0.121. The fourth-order valence-corrected chi connectivity index (χ4v) is 3.48. The van der Waals surface area contributed by atoms with E-state index in [1.165, 1.54) is 0 Å². The van der Waals surface area contributed by atoms with E-state index in [9.17, 15) is 4.79 Å². The fourth-order valence-electron chi connectivity index (χ4n) is 3.16. The van der Waals surface area contributed by atoms with Gasteiger partial charge in [0.1, 0.15) is 5.75 Å². The minimum Gasteiger partial charge on any atom is -0.497 e. The van der Waals surface area contributed by atoms with Crippen molar-refractivity contribution in [1.82, 2.24) is 10.2 Å². The first kappa shape index (κ1) is 20.9. The maximum absolute atomic E-state index is 12.2. The third kappa shape index (κ3) is 6.11. The predicted octanol–water partition coefficient (Wildman–Crippen LogP) is 3.56. The first-order valence-corrected chi connectivity index (χ1v) is 9.96. The van der Waals surface area contributed by atoms with Crippen LogP contribution in [0.1, 0.15) is 11.1 Å². The minimum atomic E-state index is -0.0312. The summed E-state index contributed by atoms with van der Waals surface area (Å²) in [5.74, 6) is 0.761. The van der Waals surface area contributed by atoms with E-state index < -0.39 is 0 Å². The summed E-state index contributed by atoms with van der Waals surface area (Å²) in [5, 5.41) is 4.09. The maximum atomic E-state index is 12.2. The summed E-state index contributed by atoms with van der Waals surface area (Å²) in [7, 11) is 1.62. The summed E-state index contributed by atoms with van der Waals surface area (Å²) in [4.78, 5) is 14.5. The lowest BCUT2D eigenvalue weighted by Gasteiger charge is -2.33. The van der Waals surface area contributed by atoms with Gasteiger partial charge in [-0.15, -0.1) is 0 Å². The molecule has 1 atom stereocenters. The molecule has 5 nitrogen and oxygen atoms in total. The summed E-state index contributed by atoms with van der Waals surface area (Å²) in [6, 6.07) is 13.2. The number of hydrogen-bond donors (Lipinski definition) is 1. The van der Waals surface area contributed by atoms with Gasteiger partial charge in [-0.3, -0.25) is 9.69 Å². The number of morpholine rings is 1. The normalized spacial score (nSPS) is 17.3. The number of amides is 1. The summed E-state index contributed by atoms with van der Waals surface area (Å²) in [5.41, 5.74) is 2.06. The van der Waals surface area contributed by atoms with Crippen LogP contribution in [0.5, 0.6) is 5.75 Å². The molecule has 28 heavy (non-hydrogen) atoms. The molecule has 2 aromatic rings. The number of methoxy groups -OCH3 is 1. The first-order chi connectivity index (χ1) is 13.5. The molecular formula is C21H24Cl2N2O3. The van der Waals surface area contributed by atoms with Crippen molar-refractivity contribution in [2.24, 2.45) is 0 Å². The molecule has 1 aliphatic rings. The highest BCUT2D eigenvalue weighted by molar-refractivity contribution is 6.42. The van der Waals surface area contributed by atoms with E-state index in [-0.39, 0.29) is 12.0 Å².